The Hall–Kier alpha value is -3.44. The van der Waals surface area contributed by atoms with Gasteiger partial charge >= 0.3 is 12.0 Å². The molecule has 1 aliphatic heterocycles. The summed E-state index contributed by atoms with van der Waals surface area (Å²) in [4.78, 5) is 27.9. The third kappa shape index (κ3) is 6.70. The van der Waals surface area contributed by atoms with Gasteiger partial charge in [0.25, 0.3) is 0 Å². The molecule has 2 aromatic carbocycles. The molecule has 4 unspecified atom stereocenters. The number of rotatable bonds is 9. The number of urea groups is 1. The molecule has 4 rings (SSSR count). The second-order valence-corrected chi connectivity index (χ2v) is 9.91. The molecule has 9 nitrogen and oxygen atoms in total. The van der Waals surface area contributed by atoms with Gasteiger partial charge in [-0.05, 0) is 42.3 Å². The van der Waals surface area contributed by atoms with Gasteiger partial charge in [-0.15, -0.1) is 11.8 Å². The molecule has 4 N–H and O–H groups in total. The monoisotopic (exact) mass is 537 g/mol. The van der Waals surface area contributed by atoms with Crippen LogP contribution in [0.5, 0.6) is 0 Å². The highest BCUT2D eigenvalue weighted by molar-refractivity contribution is 7.99. The number of ether oxygens (including phenoxy) is 2. The Bertz CT molecular complexity index is 1260. The number of carboxylic acid groups (broad SMARTS) is 1. The van der Waals surface area contributed by atoms with Gasteiger partial charge in [-0.25, -0.2) is 14.6 Å². The number of aromatic carboxylic acids is 1. The first-order chi connectivity index (χ1) is 18.4. The summed E-state index contributed by atoms with van der Waals surface area (Å²) in [6.45, 7) is 4.34. The molecule has 2 heterocycles. The number of carbonyl (C=O) groups excluding carboxylic acids is 1. The third-order valence-electron chi connectivity index (χ3n) is 6.26. The van der Waals surface area contributed by atoms with Gasteiger partial charge in [0.15, 0.2) is 6.29 Å². The molecule has 1 aliphatic rings. The fourth-order valence-corrected chi connectivity index (χ4v) is 5.39. The Balaban J connectivity index is 1.60. The van der Waals surface area contributed by atoms with Crippen molar-refractivity contribution in [2.45, 2.75) is 44.0 Å². The molecule has 1 fully saturated rings. The minimum absolute atomic E-state index is 0.0479. The van der Waals surface area contributed by atoms with Crippen LogP contribution in [0, 0.1) is 5.92 Å². The summed E-state index contributed by atoms with van der Waals surface area (Å²) in [5.41, 5.74) is 3.24. The average Bonchev–Trinajstić information content (AvgIpc) is 2.93. The summed E-state index contributed by atoms with van der Waals surface area (Å²) in [7, 11) is 0. The van der Waals surface area contributed by atoms with Crippen molar-refractivity contribution in [1.82, 2.24) is 10.3 Å². The molecule has 0 saturated carbocycles. The number of pyridine rings is 1. The Morgan fingerprint density at radius 3 is 2.55 bits per heavy atom. The summed E-state index contributed by atoms with van der Waals surface area (Å²) < 4.78 is 12.9. The number of anilines is 1. The van der Waals surface area contributed by atoms with Crippen LogP contribution in [0.15, 0.2) is 71.9 Å². The van der Waals surface area contributed by atoms with Gasteiger partial charge in [-0.2, -0.15) is 0 Å². The van der Waals surface area contributed by atoms with E-state index in [0.29, 0.717) is 23.0 Å². The number of hydrogen-bond acceptors (Lipinski definition) is 7. The Morgan fingerprint density at radius 2 is 1.84 bits per heavy atom. The molecule has 3 aromatic rings. The summed E-state index contributed by atoms with van der Waals surface area (Å²) in [5.74, 6) is -0.648. The predicted octanol–water partition coefficient (Wildman–Crippen LogP) is 5.00. The number of hydrogen-bond donors (Lipinski definition) is 4. The highest BCUT2D eigenvalue weighted by atomic mass is 32.2. The zero-order valence-corrected chi connectivity index (χ0v) is 22.0. The molecule has 0 spiro atoms. The lowest BCUT2D eigenvalue weighted by Crippen LogP contribution is -2.38. The largest absolute Gasteiger partial charge is 0.478 e. The molecule has 1 aromatic heterocycles. The van der Waals surface area contributed by atoms with Gasteiger partial charge in [-0.1, -0.05) is 43.3 Å². The lowest BCUT2D eigenvalue weighted by Gasteiger charge is -2.41. The Morgan fingerprint density at radius 1 is 1.05 bits per heavy atom. The predicted molar refractivity (Wildman–Crippen MR) is 144 cm³/mol. The fraction of sp³-hybridized carbons (Fsp3) is 0.321. The average molecular weight is 538 g/mol. The molecular formula is C28H31N3O6S. The summed E-state index contributed by atoms with van der Waals surface area (Å²) in [5, 5.41) is 24.9. The number of amides is 2. The van der Waals surface area contributed by atoms with E-state index in [0.717, 1.165) is 16.7 Å². The summed E-state index contributed by atoms with van der Waals surface area (Å²) in [6, 6.07) is 17.7. The van der Waals surface area contributed by atoms with Crippen molar-refractivity contribution >= 4 is 29.4 Å². The maximum atomic E-state index is 12.0. The van der Waals surface area contributed by atoms with E-state index in [1.165, 1.54) is 17.8 Å². The van der Waals surface area contributed by atoms with Crippen LogP contribution >= 0.6 is 11.8 Å². The van der Waals surface area contributed by atoms with Crippen molar-refractivity contribution in [3.8, 4) is 0 Å². The molecule has 200 valence electrons. The molecule has 0 bridgehead atoms. The molecule has 38 heavy (non-hydrogen) atoms. The number of carbonyl (C=O) groups is 2. The second-order valence-electron chi connectivity index (χ2n) is 8.90. The summed E-state index contributed by atoms with van der Waals surface area (Å²) in [6.07, 6.45) is 0.225. The van der Waals surface area contributed by atoms with Crippen LogP contribution in [0.4, 0.5) is 10.5 Å². The van der Waals surface area contributed by atoms with Crippen LogP contribution in [0.2, 0.25) is 0 Å². The lowest BCUT2D eigenvalue weighted by molar-refractivity contribution is -0.268. The van der Waals surface area contributed by atoms with E-state index >= 15 is 0 Å². The molecule has 4 atom stereocenters. The number of aliphatic hydroxyl groups excluding tert-OH is 1. The first-order valence-corrected chi connectivity index (χ1v) is 13.3. The van der Waals surface area contributed by atoms with Gasteiger partial charge in [0.2, 0.25) is 0 Å². The Labute approximate surface area is 225 Å². The maximum Gasteiger partial charge on any atom is 0.338 e. The maximum absolute atomic E-state index is 12.0. The van der Waals surface area contributed by atoms with Crippen LogP contribution in [-0.4, -0.2) is 45.6 Å². The van der Waals surface area contributed by atoms with Gasteiger partial charge in [0, 0.05) is 35.7 Å². The van der Waals surface area contributed by atoms with Gasteiger partial charge in [0.1, 0.15) is 5.03 Å². The molecular weight excluding hydrogens is 506 g/mol. The van der Waals surface area contributed by atoms with E-state index in [9.17, 15) is 19.8 Å². The molecule has 0 aliphatic carbocycles. The topological polar surface area (TPSA) is 130 Å². The number of nitrogens with zero attached hydrogens (tertiary/aromatic N) is 1. The number of nitrogens with one attached hydrogen (secondary N) is 2. The smallest absolute Gasteiger partial charge is 0.338 e. The van der Waals surface area contributed by atoms with E-state index in [4.69, 9.17) is 9.47 Å². The van der Waals surface area contributed by atoms with Crippen LogP contribution < -0.4 is 10.6 Å². The van der Waals surface area contributed by atoms with Crippen molar-refractivity contribution in [1.29, 1.82) is 0 Å². The second kappa shape index (κ2) is 12.9. The van der Waals surface area contributed by atoms with Crippen molar-refractivity contribution in [2.75, 3.05) is 17.6 Å². The Kier molecular flexibility index (Phi) is 9.35. The van der Waals surface area contributed by atoms with Crippen molar-refractivity contribution in [3.63, 3.8) is 0 Å². The normalized spacial score (nSPS) is 21.0. The number of benzene rings is 2. The zero-order valence-electron chi connectivity index (χ0n) is 21.2. The van der Waals surface area contributed by atoms with E-state index < -0.39 is 12.3 Å². The number of aromatic nitrogens is 1. The molecule has 1 saturated heterocycles. The number of aliphatic hydroxyl groups is 1. The third-order valence-corrected chi connectivity index (χ3v) is 7.36. The highest BCUT2D eigenvalue weighted by Crippen LogP contribution is 2.43. The van der Waals surface area contributed by atoms with Gasteiger partial charge in [0.05, 0.1) is 24.4 Å². The minimum Gasteiger partial charge on any atom is -0.478 e. The number of carboxylic acids is 1. The minimum atomic E-state index is -1.03. The van der Waals surface area contributed by atoms with Crippen LogP contribution in [0.25, 0.3) is 0 Å². The van der Waals surface area contributed by atoms with Crippen LogP contribution in [0.1, 0.15) is 53.3 Å². The standard InChI is InChI=1S/C28H31N3O6S/c1-3-29-28(35)31-21-7-4-6-20(14-21)27-36-23(16-38-25-22(26(33)34)8-5-13-30-25)17(2)24(37-27)19-11-9-18(15-32)10-12-19/h4-14,17,23-24,27,32H,3,15-16H2,1-2H3,(H,33,34)(H2,29,31,35). The van der Waals surface area contributed by atoms with Crippen molar-refractivity contribution < 1.29 is 29.3 Å². The van der Waals surface area contributed by atoms with Gasteiger partial charge < -0.3 is 30.3 Å². The lowest BCUT2D eigenvalue weighted by atomic mass is 9.91. The highest BCUT2D eigenvalue weighted by Gasteiger charge is 2.38. The first kappa shape index (κ1) is 27.6. The van der Waals surface area contributed by atoms with E-state index in [1.54, 1.807) is 18.3 Å². The van der Waals surface area contributed by atoms with Crippen molar-refractivity contribution in [2.24, 2.45) is 5.92 Å². The first-order valence-electron chi connectivity index (χ1n) is 12.4. The van der Waals surface area contributed by atoms with E-state index in [2.05, 4.69) is 15.6 Å². The van der Waals surface area contributed by atoms with Crippen LogP contribution in [-0.2, 0) is 16.1 Å². The van der Waals surface area contributed by atoms with Gasteiger partial charge in [-0.3, -0.25) is 0 Å². The van der Waals surface area contributed by atoms with E-state index in [-0.39, 0.29) is 36.3 Å². The molecule has 10 heteroatoms. The quantitative estimate of drug-likeness (QED) is 0.281. The van der Waals surface area contributed by atoms with E-state index in [1.807, 2.05) is 56.3 Å². The van der Waals surface area contributed by atoms with Crippen molar-refractivity contribution in [3.05, 3.63) is 89.1 Å². The molecule has 0 radical (unpaired) electrons. The zero-order chi connectivity index (χ0) is 27.1. The fourth-order valence-electron chi connectivity index (χ4n) is 4.24. The number of thioether (sulfide) groups is 1. The molecule has 2 amide bonds. The summed E-state index contributed by atoms with van der Waals surface area (Å²) >= 11 is 1.33. The SMILES string of the molecule is CCNC(=O)Nc1cccc(C2OC(CSc3ncccc3C(=O)O)C(C)C(c3ccc(CO)cc3)O2)c1. The van der Waals surface area contributed by atoms with Crippen LogP contribution in [0.3, 0.4) is 0 Å².